The molecular formula is C22H23N3O2. The minimum Gasteiger partial charge on any atom is -0.455 e. The van der Waals surface area contributed by atoms with E-state index >= 15 is 0 Å². The summed E-state index contributed by atoms with van der Waals surface area (Å²) >= 11 is 0. The summed E-state index contributed by atoms with van der Waals surface area (Å²) in [4.78, 5) is 17.0. The molecule has 138 valence electrons. The topological polar surface area (TPSA) is 63.2 Å². The van der Waals surface area contributed by atoms with Crippen molar-refractivity contribution in [1.29, 1.82) is 0 Å². The van der Waals surface area contributed by atoms with Crippen LogP contribution in [0.2, 0.25) is 0 Å². The van der Waals surface area contributed by atoms with Gasteiger partial charge in [0.05, 0.1) is 5.69 Å². The highest BCUT2D eigenvalue weighted by molar-refractivity contribution is 6.05. The van der Waals surface area contributed by atoms with E-state index in [0.717, 1.165) is 6.42 Å². The van der Waals surface area contributed by atoms with Crippen molar-refractivity contribution in [1.82, 2.24) is 4.98 Å². The van der Waals surface area contributed by atoms with Crippen molar-refractivity contribution in [2.24, 2.45) is 0 Å². The Balaban J connectivity index is 1.76. The van der Waals surface area contributed by atoms with Gasteiger partial charge < -0.3 is 15.4 Å². The van der Waals surface area contributed by atoms with Crippen molar-refractivity contribution in [2.45, 2.75) is 26.3 Å². The van der Waals surface area contributed by atoms with Crippen LogP contribution in [0.4, 0.5) is 11.5 Å². The Morgan fingerprint density at radius 2 is 1.81 bits per heavy atom. The monoisotopic (exact) mass is 361 g/mol. The van der Waals surface area contributed by atoms with E-state index in [4.69, 9.17) is 4.74 Å². The van der Waals surface area contributed by atoms with Gasteiger partial charge in [-0.3, -0.25) is 4.79 Å². The molecule has 0 spiro atoms. The van der Waals surface area contributed by atoms with Crippen molar-refractivity contribution in [3.63, 3.8) is 0 Å². The summed E-state index contributed by atoms with van der Waals surface area (Å²) in [5, 5.41) is 6.20. The number of nitrogens with zero attached hydrogens (tertiary/aromatic N) is 1. The first-order chi connectivity index (χ1) is 13.2. The number of carbonyl (C=O) groups is 1. The lowest BCUT2D eigenvalue weighted by Crippen LogP contribution is -2.16. The van der Waals surface area contributed by atoms with E-state index in [2.05, 4.69) is 29.5 Å². The van der Waals surface area contributed by atoms with Crippen LogP contribution in [-0.4, -0.2) is 16.9 Å². The summed E-state index contributed by atoms with van der Waals surface area (Å²) in [5.74, 6) is 1.77. The standard InChI is InChI=1S/C22H23N3O2/c1-3-16(2)24-21-15-17(13-14-23-21)22(26)25-19-11-7-8-12-20(19)27-18-9-5-4-6-10-18/h4-16H,3H2,1-2H3,(H,23,24)(H,25,26). The molecule has 0 radical (unpaired) electrons. The Kier molecular flexibility index (Phi) is 6.05. The first-order valence-corrected chi connectivity index (χ1v) is 9.01. The molecule has 0 bridgehead atoms. The van der Waals surface area contributed by atoms with Gasteiger partial charge in [-0.25, -0.2) is 4.98 Å². The second-order valence-electron chi connectivity index (χ2n) is 6.25. The Bertz CT molecular complexity index is 897. The zero-order chi connectivity index (χ0) is 19.1. The van der Waals surface area contributed by atoms with E-state index in [1.54, 1.807) is 18.3 Å². The van der Waals surface area contributed by atoms with Crippen LogP contribution in [0, 0.1) is 0 Å². The molecule has 2 N–H and O–H groups in total. The number of ether oxygens (including phenoxy) is 1. The molecule has 1 aromatic heterocycles. The van der Waals surface area contributed by atoms with E-state index in [1.807, 2.05) is 54.6 Å². The zero-order valence-corrected chi connectivity index (χ0v) is 15.5. The minimum absolute atomic E-state index is 0.214. The largest absolute Gasteiger partial charge is 0.455 e. The lowest BCUT2D eigenvalue weighted by atomic mass is 10.2. The Morgan fingerprint density at radius 3 is 2.59 bits per heavy atom. The molecule has 0 aliphatic carbocycles. The number of pyridine rings is 1. The molecule has 0 aliphatic heterocycles. The lowest BCUT2D eigenvalue weighted by molar-refractivity contribution is 0.102. The van der Waals surface area contributed by atoms with Crippen LogP contribution in [0.15, 0.2) is 72.9 Å². The molecule has 0 fully saturated rings. The molecule has 27 heavy (non-hydrogen) atoms. The summed E-state index contributed by atoms with van der Waals surface area (Å²) in [6.07, 6.45) is 2.61. The molecule has 0 saturated carbocycles. The number of benzene rings is 2. The number of rotatable bonds is 7. The minimum atomic E-state index is -0.214. The van der Waals surface area contributed by atoms with Crippen molar-refractivity contribution in [3.05, 3.63) is 78.5 Å². The number of anilines is 2. The predicted molar refractivity (Wildman–Crippen MR) is 109 cm³/mol. The van der Waals surface area contributed by atoms with Gasteiger partial charge in [0.15, 0.2) is 5.75 Å². The number of hydrogen-bond donors (Lipinski definition) is 2. The van der Waals surface area contributed by atoms with Gasteiger partial charge in [0.1, 0.15) is 11.6 Å². The molecule has 1 unspecified atom stereocenters. The maximum atomic E-state index is 12.7. The summed E-state index contributed by atoms with van der Waals surface area (Å²) in [5.41, 5.74) is 1.14. The summed E-state index contributed by atoms with van der Waals surface area (Å²) in [7, 11) is 0. The SMILES string of the molecule is CCC(C)Nc1cc(C(=O)Nc2ccccc2Oc2ccccc2)ccn1. The van der Waals surface area contributed by atoms with E-state index in [-0.39, 0.29) is 11.9 Å². The average molecular weight is 361 g/mol. The van der Waals surface area contributed by atoms with Gasteiger partial charge in [-0.2, -0.15) is 0 Å². The fourth-order valence-electron chi connectivity index (χ4n) is 2.47. The molecule has 1 amide bonds. The number of hydrogen-bond acceptors (Lipinski definition) is 4. The fraction of sp³-hybridized carbons (Fsp3) is 0.182. The Labute approximate surface area is 159 Å². The van der Waals surface area contributed by atoms with E-state index in [1.165, 1.54) is 0 Å². The first kappa shape index (κ1) is 18.5. The molecule has 5 nitrogen and oxygen atoms in total. The Morgan fingerprint density at radius 1 is 1.07 bits per heavy atom. The quantitative estimate of drug-likeness (QED) is 0.596. The van der Waals surface area contributed by atoms with Gasteiger partial charge in [-0.1, -0.05) is 37.3 Å². The van der Waals surface area contributed by atoms with Crippen LogP contribution < -0.4 is 15.4 Å². The number of amides is 1. The summed E-state index contributed by atoms with van der Waals surface area (Å²) in [6.45, 7) is 4.17. The second-order valence-corrected chi connectivity index (χ2v) is 6.25. The fourth-order valence-corrected chi connectivity index (χ4v) is 2.47. The van der Waals surface area contributed by atoms with Crippen LogP contribution in [0.5, 0.6) is 11.5 Å². The second kappa shape index (κ2) is 8.85. The van der Waals surface area contributed by atoms with Crippen LogP contribution in [0.3, 0.4) is 0 Å². The van der Waals surface area contributed by atoms with Crippen LogP contribution in [0.1, 0.15) is 30.6 Å². The van der Waals surface area contributed by atoms with E-state index in [9.17, 15) is 4.79 Å². The van der Waals surface area contributed by atoms with Crippen molar-refractivity contribution in [3.8, 4) is 11.5 Å². The van der Waals surface area contributed by atoms with Crippen LogP contribution in [-0.2, 0) is 0 Å². The molecule has 1 heterocycles. The number of carbonyl (C=O) groups excluding carboxylic acids is 1. The van der Waals surface area contributed by atoms with Gasteiger partial charge in [0.2, 0.25) is 0 Å². The molecule has 0 aliphatic rings. The molecule has 0 saturated heterocycles. The smallest absolute Gasteiger partial charge is 0.255 e. The van der Waals surface area contributed by atoms with Crippen molar-refractivity contribution >= 4 is 17.4 Å². The third kappa shape index (κ3) is 5.07. The van der Waals surface area contributed by atoms with Crippen LogP contribution >= 0.6 is 0 Å². The third-order valence-electron chi connectivity index (χ3n) is 4.14. The molecule has 5 heteroatoms. The van der Waals surface area contributed by atoms with E-state index < -0.39 is 0 Å². The lowest BCUT2D eigenvalue weighted by Gasteiger charge is -2.14. The van der Waals surface area contributed by atoms with Gasteiger partial charge in [0, 0.05) is 17.8 Å². The predicted octanol–water partition coefficient (Wildman–Crippen LogP) is 5.34. The van der Waals surface area contributed by atoms with Gasteiger partial charge in [-0.05, 0) is 49.7 Å². The van der Waals surface area contributed by atoms with E-state index in [0.29, 0.717) is 28.6 Å². The summed E-state index contributed by atoms with van der Waals surface area (Å²) < 4.78 is 5.90. The van der Waals surface area contributed by atoms with Gasteiger partial charge >= 0.3 is 0 Å². The molecule has 1 atom stereocenters. The highest BCUT2D eigenvalue weighted by Gasteiger charge is 2.12. The number of para-hydroxylation sites is 3. The molecule has 3 aromatic rings. The Hall–Kier alpha value is -3.34. The highest BCUT2D eigenvalue weighted by atomic mass is 16.5. The van der Waals surface area contributed by atoms with Gasteiger partial charge in [0.25, 0.3) is 5.91 Å². The van der Waals surface area contributed by atoms with Crippen molar-refractivity contribution < 1.29 is 9.53 Å². The first-order valence-electron chi connectivity index (χ1n) is 9.01. The zero-order valence-electron chi connectivity index (χ0n) is 15.5. The number of aromatic nitrogens is 1. The molecular weight excluding hydrogens is 338 g/mol. The highest BCUT2D eigenvalue weighted by Crippen LogP contribution is 2.29. The maximum Gasteiger partial charge on any atom is 0.255 e. The third-order valence-corrected chi connectivity index (χ3v) is 4.14. The average Bonchev–Trinajstić information content (AvgIpc) is 2.70. The van der Waals surface area contributed by atoms with Gasteiger partial charge in [-0.15, -0.1) is 0 Å². The molecule has 3 rings (SSSR count). The van der Waals surface area contributed by atoms with Crippen molar-refractivity contribution in [2.75, 3.05) is 10.6 Å². The van der Waals surface area contributed by atoms with Crippen LogP contribution in [0.25, 0.3) is 0 Å². The molecule has 2 aromatic carbocycles. The number of nitrogens with one attached hydrogen (secondary N) is 2. The maximum absolute atomic E-state index is 12.7. The normalized spacial score (nSPS) is 11.5. The summed E-state index contributed by atoms with van der Waals surface area (Å²) in [6, 6.07) is 20.6.